The van der Waals surface area contributed by atoms with Gasteiger partial charge in [0.05, 0.1) is 11.7 Å². The SMILES string of the molecule is C=CC=CC=C(C)n1ncc2cc3c(cc21)C1CCC3C1. The summed E-state index contributed by atoms with van der Waals surface area (Å²) in [6.07, 6.45) is 13.9. The quantitative estimate of drug-likeness (QED) is 0.721. The van der Waals surface area contributed by atoms with Crippen LogP contribution in [0.3, 0.4) is 0 Å². The van der Waals surface area contributed by atoms with Gasteiger partial charge in [-0.2, -0.15) is 5.10 Å². The van der Waals surface area contributed by atoms with Gasteiger partial charge in [0.1, 0.15) is 0 Å². The van der Waals surface area contributed by atoms with Gasteiger partial charge in [0.2, 0.25) is 0 Å². The van der Waals surface area contributed by atoms with E-state index in [2.05, 4.69) is 41.5 Å². The molecular formula is C19H20N2. The third-order valence-electron chi connectivity index (χ3n) is 5.00. The Balaban J connectivity index is 1.82. The highest BCUT2D eigenvalue weighted by Gasteiger charge is 2.37. The van der Waals surface area contributed by atoms with Crippen LogP contribution in [-0.4, -0.2) is 9.78 Å². The second-order valence-electron chi connectivity index (χ2n) is 6.23. The van der Waals surface area contributed by atoms with Crippen LogP contribution < -0.4 is 0 Å². The van der Waals surface area contributed by atoms with E-state index in [0.717, 1.165) is 17.5 Å². The van der Waals surface area contributed by atoms with Crippen molar-refractivity contribution in [2.75, 3.05) is 0 Å². The number of nitrogens with zero attached hydrogens (tertiary/aromatic N) is 2. The van der Waals surface area contributed by atoms with Gasteiger partial charge in [-0.15, -0.1) is 0 Å². The lowest BCUT2D eigenvalue weighted by Crippen LogP contribution is -2.00. The summed E-state index contributed by atoms with van der Waals surface area (Å²) in [7, 11) is 0. The van der Waals surface area contributed by atoms with Crippen molar-refractivity contribution in [3.05, 3.63) is 60.3 Å². The lowest BCUT2D eigenvalue weighted by molar-refractivity contribution is 0.718. The molecule has 2 heteroatoms. The maximum absolute atomic E-state index is 4.57. The van der Waals surface area contributed by atoms with Crippen LogP contribution in [0.2, 0.25) is 0 Å². The van der Waals surface area contributed by atoms with E-state index < -0.39 is 0 Å². The van der Waals surface area contributed by atoms with E-state index in [1.807, 2.05) is 18.3 Å². The number of benzene rings is 1. The average molecular weight is 276 g/mol. The van der Waals surface area contributed by atoms with Crippen LogP contribution in [0.4, 0.5) is 0 Å². The molecule has 2 aromatic rings. The molecule has 0 spiro atoms. The van der Waals surface area contributed by atoms with Gasteiger partial charge in [-0.05, 0) is 67.4 Å². The molecule has 0 aliphatic heterocycles. The van der Waals surface area contributed by atoms with Crippen LogP contribution in [0.5, 0.6) is 0 Å². The third-order valence-corrected chi connectivity index (χ3v) is 5.00. The largest absolute Gasteiger partial charge is 0.237 e. The Hall–Kier alpha value is -2.09. The van der Waals surface area contributed by atoms with Crippen LogP contribution in [0.15, 0.2) is 49.2 Å². The lowest BCUT2D eigenvalue weighted by Gasteiger charge is -2.15. The van der Waals surface area contributed by atoms with Crippen molar-refractivity contribution in [3.63, 3.8) is 0 Å². The number of aromatic nitrogens is 2. The highest BCUT2D eigenvalue weighted by Crippen LogP contribution is 2.53. The summed E-state index contributed by atoms with van der Waals surface area (Å²) in [4.78, 5) is 0. The summed E-state index contributed by atoms with van der Waals surface area (Å²) in [6.45, 7) is 5.79. The predicted molar refractivity (Wildman–Crippen MR) is 88.4 cm³/mol. The van der Waals surface area contributed by atoms with E-state index in [0.29, 0.717) is 0 Å². The number of hydrogen-bond acceptors (Lipinski definition) is 1. The molecular weight excluding hydrogens is 256 g/mol. The zero-order valence-corrected chi connectivity index (χ0v) is 12.4. The van der Waals surface area contributed by atoms with Crippen LogP contribution in [0.25, 0.3) is 16.6 Å². The fraction of sp³-hybridized carbons (Fsp3) is 0.316. The van der Waals surface area contributed by atoms with E-state index >= 15 is 0 Å². The second kappa shape index (κ2) is 4.73. The molecule has 2 nitrogen and oxygen atoms in total. The topological polar surface area (TPSA) is 17.8 Å². The smallest absolute Gasteiger partial charge is 0.0740 e. The van der Waals surface area contributed by atoms with Gasteiger partial charge in [-0.3, -0.25) is 0 Å². The zero-order valence-electron chi connectivity index (χ0n) is 12.4. The van der Waals surface area contributed by atoms with Crippen molar-refractivity contribution in [1.82, 2.24) is 9.78 Å². The predicted octanol–water partition coefficient (Wildman–Crippen LogP) is 5.00. The molecule has 0 saturated heterocycles. The maximum Gasteiger partial charge on any atom is 0.0740 e. The van der Waals surface area contributed by atoms with Crippen LogP contribution in [0, 0.1) is 0 Å². The zero-order chi connectivity index (χ0) is 14.4. The van der Waals surface area contributed by atoms with Crippen LogP contribution in [-0.2, 0) is 0 Å². The van der Waals surface area contributed by atoms with E-state index in [-0.39, 0.29) is 0 Å². The van der Waals surface area contributed by atoms with Gasteiger partial charge in [0.25, 0.3) is 0 Å². The number of allylic oxidation sites excluding steroid dienone is 5. The maximum atomic E-state index is 4.57. The Morgan fingerprint density at radius 2 is 2.00 bits per heavy atom. The summed E-state index contributed by atoms with van der Waals surface area (Å²) in [6, 6.07) is 4.76. The molecule has 0 amide bonds. The summed E-state index contributed by atoms with van der Waals surface area (Å²) in [5.74, 6) is 1.60. The molecule has 2 aliphatic rings. The summed E-state index contributed by atoms with van der Waals surface area (Å²) >= 11 is 0. The molecule has 2 unspecified atom stereocenters. The Morgan fingerprint density at radius 1 is 1.24 bits per heavy atom. The first-order valence-corrected chi connectivity index (χ1v) is 7.76. The molecule has 106 valence electrons. The summed E-state index contributed by atoms with van der Waals surface area (Å²) < 4.78 is 2.05. The van der Waals surface area contributed by atoms with E-state index in [1.165, 1.54) is 30.2 Å². The average Bonchev–Trinajstić information content (AvgIpc) is 3.19. The van der Waals surface area contributed by atoms with Crippen LogP contribution in [0.1, 0.15) is 49.1 Å². The number of rotatable bonds is 3. The Morgan fingerprint density at radius 3 is 2.76 bits per heavy atom. The highest BCUT2D eigenvalue weighted by molar-refractivity contribution is 5.84. The molecule has 2 bridgehead atoms. The van der Waals surface area contributed by atoms with Crippen molar-refractivity contribution < 1.29 is 0 Å². The van der Waals surface area contributed by atoms with E-state index in [1.54, 1.807) is 17.2 Å². The molecule has 0 radical (unpaired) electrons. The van der Waals surface area contributed by atoms with Crippen LogP contribution >= 0.6 is 0 Å². The molecule has 2 atom stereocenters. The molecule has 21 heavy (non-hydrogen) atoms. The first-order chi connectivity index (χ1) is 10.3. The fourth-order valence-electron chi connectivity index (χ4n) is 3.99. The second-order valence-corrected chi connectivity index (χ2v) is 6.23. The minimum absolute atomic E-state index is 0.794. The van der Waals surface area contributed by atoms with Gasteiger partial charge >= 0.3 is 0 Å². The van der Waals surface area contributed by atoms with Gasteiger partial charge in [-0.1, -0.05) is 24.8 Å². The molecule has 4 rings (SSSR count). The Bertz CT molecular complexity index is 776. The molecule has 1 aromatic carbocycles. The summed E-state index contributed by atoms with van der Waals surface area (Å²) in [5.41, 5.74) is 5.54. The third kappa shape index (κ3) is 1.90. The minimum atomic E-state index is 0.794. The summed E-state index contributed by atoms with van der Waals surface area (Å²) in [5, 5.41) is 5.84. The normalized spacial score (nSPS) is 24.1. The first-order valence-electron chi connectivity index (χ1n) is 7.76. The molecule has 1 fully saturated rings. The van der Waals surface area contributed by atoms with Gasteiger partial charge in [0, 0.05) is 11.1 Å². The standard InChI is InChI=1S/C19H20N2/c1-3-4-5-6-13(2)21-19-11-18-15-8-7-14(9-15)17(18)10-16(19)12-20-21/h3-6,10-12,14-15H,1,7-9H2,2H3. The minimum Gasteiger partial charge on any atom is -0.237 e. The van der Waals surface area contributed by atoms with Crippen molar-refractivity contribution in [1.29, 1.82) is 0 Å². The molecule has 2 aliphatic carbocycles. The Kier molecular flexibility index (Phi) is 2.85. The lowest BCUT2D eigenvalue weighted by atomic mass is 9.91. The van der Waals surface area contributed by atoms with Crippen molar-refractivity contribution in [2.24, 2.45) is 0 Å². The highest BCUT2D eigenvalue weighted by atomic mass is 15.3. The van der Waals surface area contributed by atoms with Crippen molar-refractivity contribution >= 4 is 16.6 Å². The monoisotopic (exact) mass is 276 g/mol. The Labute approximate surface area is 125 Å². The number of hydrogen-bond donors (Lipinski definition) is 0. The number of fused-ring (bicyclic) bond motifs is 6. The molecule has 0 N–H and O–H groups in total. The molecule has 1 heterocycles. The van der Waals surface area contributed by atoms with E-state index in [4.69, 9.17) is 0 Å². The van der Waals surface area contributed by atoms with Crippen molar-refractivity contribution in [2.45, 2.75) is 38.0 Å². The van der Waals surface area contributed by atoms with Gasteiger partial charge in [0.15, 0.2) is 0 Å². The van der Waals surface area contributed by atoms with E-state index in [9.17, 15) is 0 Å². The fourth-order valence-corrected chi connectivity index (χ4v) is 3.99. The van der Waals surface area contributed by atoms with Gasteiger partial charge in [-0.25, -0.2) is 4.68 Å². The molecule has 1 saturated carbocycles. The van der Waals surface area contributed by atoms with Crippen molar-refractivity contribution in [3.8, 4) is 0 Å². The molecule has 1 aromatic heterocycles. The van der Waals surface area contributed by atoms with Gasteiger partial charge < -0.3 is 0 Å². The first kappa shape index (κ1) is 12.6.